The summed E-state index contributed by atoms with van der Waals surface area (Å²) in [5, 5.41) is 13.2. The third-order valence-corrected chi connectivity index (χ3v) is 5.64. The lowest BCUT2D eigenvalue weighted by atomic mass is 9.86. The van der Waals surface area contributed by atoms with E-state index in [1.807, 2.05) is 6.07 Å². The van der Waals surface area contributed by atoms with Crippen LogP contribution in [0.15, 0.2) is 36.7 Å². The summed E-state index contributed by atoms with van der Waals surface area (Å²) in [6.07, 6.45) is 4.79. The smallest absolute Gasteiger partial charge is 0.134 e. The molecule has 5 nitrogen and oxygen atoms in total. The first kappa shape index (κ1) is 16.3. The van der Waals surface area contributed by atoms with Crippen molar-refractivity contribution in [2.45, 2.75) is 50.6 Å². The number of aromatic nitrogens is 2. The number of rotatable bonds is 4. The Morgan fingerprint density at radius 1 is 1.28 bits per heavy atom. The zero-order valence-corrected chi connectivity index (χ0v) is 14.9. The first-order chi connectivity index (χ1) is 12.1. The van der Waals surface area contributed by atoms with Crippen LogP contribution >= 0.6 is 0 Å². The van der Waals surface area contributed by atoms with Gasteiger partial charge in [0.15, 0.2) is 0 Å². The number of anilines is 2. The number of hydrogen-bond acceptors (Lipinski definition) is 5. The van der Waals surface area contributed by atoms with Crippen LogP contribution < -0.4 is 10.2 Å². The molecule has 1 aromatic carbocycles. The lowest BCUT2D eigenvalue weighted by Crippen LogP contribution is -2.32. The average Bonchev–Trinajstić information content (AvgIpc) is 3.19. The molecule has 1 saturated heterocycles. The minimum Gasteiger partial charge on any atom is -0.394 e. The molecule has 1 fully saturated rings. The highest BCUT2D eigenvalue weighted by atomic mass is 16.3. The molecule has 2 heterocycles. The van der Waals surface area contributed by atoms with Crippen molar-refractivity contribution in [3.05, 3.63) is 47.8 Å². The van der Waals surface area contributed by atoms with Gasteiger partial charge in [0.25, 0.3) is 0 Å². The van der Waals surface area contributed by atoms with Crippen LogP contribution in [0.1, 0.15) is 50.3 Å². The van der Waals surface area contributed by atoms with E-state index < -0.39 is 0 Å². The van der Waals surface area contributed by atoms with Gasteiger partial charge in [-0.15, -0.1) is 0 Å². The predicted molar refractivity (Wildman–Crippen MR) is 99.9 cm³/mol. The number of nitrogens with zero attached hydrogens (tertiary/aromatic N) is 3. The van der Waals surface area contributed by atoms with Gasteiger partial charge >= 0.3 is 0 Å². The molecule has 2 unspecified atom stereocenters. The standard InChI is InChI=1S/C20H26N4O/c1-20(2)11-17(15-7-3-4-8-16(15)20)23-18-10-19(22-13-21-18)24-9-5-6-14(24)12-25/h3-4,7-8,10,13-14,17,25H,5-6,9,11-12H2,1-2H3,(H,21,22,23). The highest BCUT2D eigenvalue weighted by Crippen LogP contribution is 2.45. The van der Waals surface area contributed by atoms with Crippen molar-refractivity contribution in [2.75, 3.05) is 23.4 Å². The maximum atomic E-state index is 9.56. The van der Waals surface area contributed by atoms with E-state index in [-0.39, 0.29) is 24.1 Å². The summed E-state index contributed by atoms with van der Waals surface area (Å²) in [6.45, 7) is 5.72. The van der Waals surface area contributed by atoms with Crippen molar-refractivity contribution in [3.8, 4) is 0 Å². The van der Waals surface area contributed by atoms with Gasteiger partial charge in [0.1, 0.15) is 18.0 Å². The van der Waals surface area contributed by atoms with Crippen LogP contribution in [0.25, 0.3) is 0 Å². The van der Waals surface area contributed by atoms with Crippen molar-refractivity contribution >= 4 is 11.6 Å². The molecule has 0 saturated carbocycles. The second kappa shape index (κ2) is 6.30. The van der Waals surface area contributed by atoms with Gasteiger partial charge in [-0.2, -0.15) is 0 Å². The van der Waals surface area contributed by atoms with Crippen molar-refractivity contribution < 1.29 is 5.11 Å². The van der Waals surface area contributed by atoms with Crippen LogP contribution in [0.2, 0.25) is 0 Å². The maximum Gasteiger partial charge on any atom is 0.134 e. The number of hydrogen-bond donors (Lipinski definition) is 2. The first-order valence-electron chi connectivity index (χ1n) is 9.14. The van der Waals surface area contributed by atoms with Crippen LogP contribution in [-0.2, 0) is 5.41 Å². The molecular formula is C20H26N4O. The molecule has 2 aliphatic rings. The first-order valence-corrected chi connectivity index (χ1v) is 9.14. The molecule has 0 radical (unpaired) electrons. The fourth-order valence-electron chi connectivity index (χ4n) is 4.36. The fraction of sp³-hybridized carbons (Fsp3) is 0.500. The molecule has 2 atom stereocenters. The summed E-state index contributed by atoms with van der Waals surface area (Å²) in [7, 11) is 0. The number of nitrogens with one attached hydrogen (secondary N) is 1. The van der Waals surface area contributed by atoms with Crippen LogP contribution in [0.5, 0.6) is 0 Å². The highest BCUT2D eigenvalue weighted by Gasteiger charge is 2.36. The van der Waals surface area contributed by atoms with E-state index in [1.54, 1.807) is 6.33 Å². The monoisotopic (exact) mass is 338 g/mol. The number of aliphatic hydroxyl groups excluding tert-OH is 1. The Morgan fingerprint density at radius 2 is 2.12 bits per heavy atom. The summed E-state index contributed by atoms with van der Waals surface area (Å²) >= 11 is 0. The normalized spacial score (nSPS) is 24.4. The molecule has 0 spiro atoms. The lowest BCUT2D eigenvalue weighted by Gasteiger charge is -2.25. The Hall–Kier alpha value is -2.14. The largest absolute Gasteiger partial charge is 0.394 e. The Balaban J connectivity index is 1.57. The Kier molecular flexibility index (Phi) is 4.12. The average molecular weight is 338 g/mol. The van der Waals surface area contributed by atoms with E-state index in [0.29, 0.717) is 0 Å². The molecule has 25 heavy (non-hydrogen) atoms. The van der Waals surface area contributed by atoms with Crippen LogP contribution in [0.4, 0.5) is 11.6 Å². The molecular weight excluding hydrogens is 312 g/mol. The Morgan fingerprint density at radius 3 is 2.96 bits per heavy atom. The Labute approximate surface area is 149 Å². The van der Waals surface area contributed by atoms with E-state index in [4.69, 9.17) is 0 Å². The van der Waals surface area contributed by atoms with Crippen molar-refractivity contribution in [1.29, 1.82) is 0 Å². The molecule has 1 aliphatic heterocycles. The van der Waals surface area contributed by atoms with Gasteiger partial charge in [0.2, 0.25) is 0 Å². The molecule has 2 aromatic rings. The number of aliphatic hydroxyl groups is 1. The van der Waals surface area contributed by atoms with Gasteiger partial charge in [0.05, 0.1) is 18.7 Å². The van der Waals surface area contributed by atoms with E-state index in [2.05, 4.69) is 58.3 Å². The predicted octanol–water partition coefficient (Wildman–Crippen LogP) is 3.27. The molecule has 0 bridgehead atoms. The van der Waals surface area contributed by atoms with Gasteiger partial charge < -0.3 is 15.3 Å². The zero-order valence-electron chi connectivity index (χ0n) is 14.9. The molecule has 1 aromatic heterocycles. The molecule has 4 rings (SSSR count). The van der Waals surface area contributed by atoms with Crippen molar-refractivity contribution in [3.63, 3.8) is 0 Å². The van der Waals surface area contributed by atoms with Crippen LogP contribution in [-0.4, -0.2) is 34.3 Å². The third-order valence-electron chi connectivity index (χ3n) is 5.64. The second-order valence-electron chi connectivity index (χ2n) is 7.81. The molecule has 5 heteroatoms. The molecule has 2 N–H and O–H groups in total. The van der Waals surface area contributed by atoms with Gasteiger partial charge in [0, 0.05) is 12.6 Å². The van der Waals surface area contributed by atoms with E-state index >= 15 is 0 Å². The molecule has 132 valence electrons. The summed E-state index contributed by atoms with van der Waals surface area (Å²) in [6, 6.07) is 11.1. The minimum absolute atomic E-state index is 0.168. The topological polar surface area (TPSA) is 61.3 Å². The van der Waals surface area contributed by atoms with Crippen LogP contribution in [0, 0.1) is 0 Å². The highest BCUT2D eigenvalue weighted by molar-refractivity contribution is 5.53. The van der Waals surface area contributed by atoms with Crippen molar-refractivity contribution in [1.82, 2.24) is 9.97 Å². The second-order valence-corrected chi connectivity index (χ2v) is 7.81. The Bertz CT molecular complexity index is 761. The lowest BCUT2D eigenvalue weighted by molar-refractivity contribution is 0.266. The van der Waals surface area contributed by atoms with Gasteiger partial charge in [-0.1, -0.05) is 38.1 Å². The fourth-order valence-corrected chi connectivity index (χ4v) is 4.36. The maximum absolute atomic E-state index is 9.56. The number of fused-ring (bicyclic) bond motifs is 1. The summed E-state index contributed by atoms with van der Waals surface area (Å²) < 4.78 is 0. The third kappa shape index (κ3) is 2.97. The van der Waals surface area contributed by atoms with Gasteiger partial charge in [-0.25, -0.2) is 9.97 Å². The summed E-state index contributed by atoms with van der Waals surface area (Å²) in [5.41, 5.74) is 2.95. The SMILES string of the molecule is CC1(C)CC(Nc2cc(N3CCCC3CO)ncn2)c2ccccc21. The summed E-state index contributed by atoms with van der Waals surface area (Å²) in [5.74, 6) is 1.76. The minimum atomic E-state index is 0.168. The van der Waals surface area contributed by atoms with Crippen molar-refractivity contribution in [2.24, 2.45) is 0 Å². The molecule has 1 aliphatic carbocycles. The molecule has 0 amide bonds. The van der Waals surface area contributed by atoms with E-state index in [0.717, 1.165) is 37.4 Å². The summed E-state index contributed by atoms with van der Waals surface area (Å²) in [4.78, 5) is 11.1. The number of benzene rings is 1. The van der Waals surface area contributed by atoms with Gasteiger partial charge in [-0.3, -0.25) is 0 Å². The van der Waals surface area contributed by atoms with Gasteiger partial charge in [-0.05, 0) is 35.8 Å². The zero-order chi connectivity index (χ0) is 17.4. The van der Waals surface area contributed by atoms with E-state index in [9.17, 15) is 5.11 Å². The van der Waals surface area contributed by atoms with Crippen LogP contribution in [0.3, 0.4) is 0 Å². The quantitative estimate of drug-likeness (QED) is 0.896. The van der Waals surface area contributed by atoms with E-state index in [1.165, 1.54) is 11.1 Å².